The maximum absolute atomic E-state index is 12.6. The highest BCUT2D eigenvalue weighted by Crippen LogP contribution is 2.27. The van der Waals surface area contributed by atoms with Crippen LogP contribution in [0.1, 0.15) is 29.3 Å². The third kappa shape index (κ3) is 4.32. The molecule has 0 aliphatic carbocycles. The minimum atomic E-state index is -0.496. The topological polar surface area (TPSA) is 81.5 Å². The van der Waals surface area contributed by atoms with Crippen molar-refractivity contribution in [2.75, 3.05) is 11.9 Å². The standard InChI is InChI=1S/C17H17BrN2O4/c1-3-8-24-16-7-5-12(18)9-14(16)17(21)19-15-10-13(20(22)23)6-4-11(15)2/h4-7,9-10H,3,8H2,1-2H3,(H,19,21). The molecular formula is C17H17BrN2O4. The fourth-order valence-electron chi connectivity index (χ4n) is 2.07. The molecular weight excluding hydrogens is 376 g/mol. The Morgan fingerprint density at radius 3 is 2.71 bits per heavy atom. The Labute approximate surface area is 148 Å². The molecule has 24 heavy (non-hydrogen) atoms. The second kappa shape index (κ2) is 7.92. The Morgan fingerprint density at radius 1 is 1.29 bits per heavy atom. The minimum absolute atomic E-state index is 0.0763. The SMILES string of the molecule is CCCOc1ccc(Br)cc1C(=O)Nc1cc([N+](=O)[O-])ccc1C. The molecule has 2 aromatic rings. The van der Waals surface area contributed by atoms with Crippen LogP contribution in [0.15, 0.2) is 40.9 Å². The van der Waals surface area contributed by atoms with Gasteiger partial charge in [0.25, 0.3) is 11.6 Å². The summed E-state index contributed by atoms with van der Waals surface area (Å²) in [5, 5.41) is 13.6. The Hall–Kier alpha value is -2.41. The number of hydrogen-bond acceptors (Lipinski definition) is 4. The molecule has 2 rings (SSSR count). The normalized spacial score (nSPS) is 10.3. The van der Waals surface area contributed by atoms with Crippen molar-refractivity contribution in [3.8, 4) is 5.75 Å². The molecule has 1 amide bonds. The predicted octanol–water partition coefficient (Wildman–Crippen LogP) is 4.71. The molecule has 6 nitrogen and oxygen atoms in total. The number of aryl methyl sites for hydroxylation is 1. The van der Waals surface area contributed by atoms with E-state index in [9.17, 15) is 14.9 Å². The summed E-state index contributed by atoms with van der Waals surface area (Å²) in [5.74, 6) is 0.0895. The number of nitro groups is 1. The summed E-state index contributed by atoms with van der Waals surface area (Å²) in [4.78, 5) is 23.0. The molecule has 126 valence electrons. The summed E-state index contributed by atoms with van der Waals surface area (Å²) < 4.78 is 6.35. The fraction of sp³-hybridized carbons (Fsp3) is 0.235. The van der Waals surface area contributed by atoms with E-state index in [1.54, 1.807) is 31.2 Å². The number of ether oxygens (including phenoxy) is 1. The Bertz CT molecular complexity index is 777. The van der Waals surface area contributed by atoms with Crippen molar-refractivity contribution in [2.45, 2.75) is 20.3 Å². The number of rotatable bonds is 6. The maximum Gasteiger partial charge on any atom is 0.271 e. The van der Waals surface area contributed by atoms with E-state index in [-0.39, 0.29) is 11.6 Å². The molecule has 1 N–H and O–H groups in total. The van der Waals surface area contributed by atoms with Gasteiger partial charge in [-0.15, -0.1) is 0 Å². The summed E-state index contributed by atoms with van der Waals surface area (Å²) in [6, 6.07) is 9.52. The van der Waals surface area contributed by atoms with Crippen molar-refractivity contribution in [2.24, 2.45) is 0 Å². The molecule has 7 heteroatoms. The molecule has 0 heterocycles. The quantitative estimate of drug-likeness (QED) is 0.570. The van der Waals surface area contributed by atoms with Gasteiger partial charge in [0.1, 0.15) is 5.75 Å². The van der Waals surface area contributed by atoms with Gasteiger partial charge < -0.3 is 10.1 Å². The zero-order valence-electron chi connectivity index (χ0n) is 13.3. The monoisotopic (exact) mass is 392 g/mol. The molecule has 0 spiro atoms. The molecule has 0 aliphatic heterocycles. The number of hydrogen-bond donors (Lipinski definition) is 1. The zero-order chi connectivity index (χ0) is 17.7. The Kier molecular flexibility index (Phi) is 5.92. The third-order valence-electron chi connectivity index (χ3n) is 3.33. The first-order valence-electron chi connectivity index (χ1n) is 7.41. The first kappa shape index (κ1) is 17.9. The molecule has 2 aromatic carbocycles. The van der Waals surface area contributed by atoms with E-state index in [2.05, 4.69) is 21.2 Å². The maximum atomic E-state index is 12.6. The number of nitrogens with zero attached hydrogens (tertiary/aromatic N) is 1. The predicted molar refractivity (Wildman–Crippen MR) is 95.7 cm³/mol. The second-order valence-corrected chi connectivity index (χ2v) is 6.12. The molecule has 0 aromatic heterocycles. The van der Waals surface area contributed by atoms with Gasteiger partial charge in [-0.05, 0) is 37.1 Å². The minimum Gasteiger partial charge on any atom is -0.493 e. The van der Waals surface area contributed by atoms with Crippen molar-refractivity contribution < 1.29 is 14.5 Å². The first-order valence-corrected chi connectivity index (χ1v) is 8.20. The van der Waals surface area contributed by atoms with Crippen LogP contribution >= 0.6 is 15.9 Å². The van der Waals surface area contributed by atoms with Crippen LogP contribution in [0.25, 0.3) is 0 Å². The van der Waals surface area contributed by atoms with Crippen LogP contribution in [0.3, 0.4) is 0 Å². The van der Waals surface area contributed by atoms with Crippen LogP contribution in [-0.4, -0.2) is 17.4 Å². The van der Waals surface area contributed by atoms with E-state index in [1.807, 2.05) is 6.92 Å². The molecule has 0 aliphatic rings. The summed E-state index contributed by atoms with van der Waals surface area (Å²) >= 11 is 3.34. The number of benzene rings is 2. The average Bonchev–Trinajstić information content (AvgIpc) is 2.55. The highest BCUT2D eigenvalue weighted by molar-refractivity contribution is 9.10. The smallest absolute Gasteiger partial charge is 0.271 e. The number of halogens is 1. The number of amides is 1. The highest BCUT2D eigenvalue weighted by Gasteiger charge is 2.16. The van der Waals surface area contributed by atoms with Crippen LogP contribution in [-0.2, 0) is 0 Å². The number of nitrogens with one attached hydrogen (secondary N) is 1. The van der Waals surface area contributed by atoms with Crippen molar-refractivity contribution in [3.05, 3.63) is 62.1 Å². The average molecular weight is 393 g/mol. The van der Waals surface area contributed by atoms with Crippen molar-refractivity contribution in [1.29, 1.82) is 0 Å². The van der Waals surface area contributed by atoms with Gasteiger partial charge in [0.2, 0.25) is 0 Å². The van der Waals surface area contributed by atoms with Crippen LogP contribution < -0.4 is 10.1 Å². The molecule has 0 fully saturated rings. The number of non-ortho nitro benzene ring substituents is 1. The molecule has 0 unspecified atom stereocenters. The molecule has 0 bridgehead atoms. The largest absolute Gasteiger partial charge is 0.493 e. The Morgan fingerprint density at radius 2 is 2.04 bits per heavy atom. The Balaban J connectivity index is 2.31. The van der Waals surface area contributed by atoms with Gasteiger partial charge in [-0.2, -0.15) is 0 Å². The van der Waals surface area contributed by atoms with Gasteiger partial charge in [0.15, 0.2) is 0 Å². The van der Waals surface area contributed by atoms with E-state index in [0.717, 1.165) is 16.5 Å². The first-order chi connectivity index (χ1) is 11.4. The lowest BCUT2D eigenvalue weighted by Crippen LogP contribution is -2.15. The lowest BCUT2D eigenvalue weighted by molar-refractivity contribution is -0.384. The van der Waals surface area contributed by atoms with Gasteiger partial charge in [-0.3, -0.25) is 14.9 Å². The molecule has 0 saturated carbocycles. The van der Waals surface area contributed by atoms with Crippen LogP contribution in [0.5, 0.6) is 5.75 Å². The van der Waals surface area contributed by atoms with Crippen molar-refractivity contribution in [1.82, 2.24) is 0 Å². The van der Waals surface area contributed by atoms with E-state index < -0.39 is 4.92 Å². The fourth-order valence-corrected chi connectivity index (χ4v) is 2.43. The molecule has 0 radical (unpaired) electrons. The number of carbonyl (C=O) groups excluding carboxylic acids is 1. The van der Waals surface area contributed by atoms with E-state index in [0.29, 0.717) is 23.6 Å². The van der Waals surface area contributed by atoms with Gasteiger partial charge >= 0.3 is 0 Å². The molecule has 0 saturated heterocycles. The number of carbonyl (C=O) groups is 1. The summed E-state index contributed by atoms with van der Waals surface area (Å²) in [5.41, 5.74) is 1.42. The zero-order valence-corrected chi connectivity index (χ0v) is 14.9. The highest BCUT2D eigenvalue weighted by atomic mass is 79.9. The van der Waals surface area contributed by atoms with Gasteiger partial charge in [0, 0.05) is 16.6 Å². The van der Waals surface area contributed by atoms with E-state index in [1.165, 1.54) is 12.1 Å². The van der Waals surface area contributed by atoms with E-state index >= 15 is 0 Å². The summed E-state index contributed by atoms with van der Waals surface area (Å²) in [6.45, 7) is 4.25. The van der Waals surface area contributed by atoms with Gasteiger partial charge in [0.05, 0.1) is 22.8 Å². The molecule has 0 atom stereocenters. The van der Waals surface area contributed by atoms with Crippen LogP contribution in [0.4, 0.5) is 11.4 Å². The number of nitro benzene ring substituents is 1. The third-order valence-corrected chi connectivity index (χ3v) is 3.82. The second-order valence-electron chi connectivity index (χ2n) is 5.20. The van der Waals surface area contributed by atoms with Crippen LogP contribution in [0, 0.1) is 17.0 Å². The summed E-state index contributed by atoms with van der Waals surface area (Å²) in [6.07, 6.45) is 0.821. The lowest BCUT2D eigenvalue weighted by Gasteiger charge is -2.13. The summed E-state index contributed by atoms with van der Waals surface area (Å²) in [7, 11) is 0. The number of anilines is 1. The van der Waals surface area contributed by atoms with Gasteiger partial charge in [-0.1, -0.05) is 28.9 Å². The van der Waals surface area contributed by atoms with Crippen molar-refractivity contribution >= 4 is 33.2 Å². The van der Waals surface area contributed by atoms with Crippen LogP contribution in [0.2, 0.25) is 0 Å². The lowest BCUT2D eigenvalue weighted by atomic mass is 10.1. The van der Waals surface area contributed by atoms with E-state index in [4.69, 9.17) is 4.74 Å². The van der Waals surface area contributed by atoms with Gasteiger partial charge in [-0.25, -0.2) is 0 Å². The van der Waals surface area contributed by atoms with Crippen molar-refractivity contribution in [3.63, 3.8) is 0 Å².